The largest absolute Gasteiger partial charge is 0.390 e. The Hall–Kier alpha value is -1.70. The molecule has 1 heterocycles. The van der Waals surface area contributed by atoms with Crippen LogP contribution in [0.5, 0.6) is 0 Å². The van der Waals surface area contributed by atoms with E-state index in [0.717, 1.165) is 0 Å². The van der Waals surface area contributed by atoms with Crippen molar-refractivity contribution in [3.05, 3.63) is 35.4 Å². The highest BCUT2D eigenvalue weighted by molar-refractivity contribution is 5.97. The van der Waals surface area contributed by atoms with Crippen LogP contribution in [0.2, 0.25) is 0 Å². The lowest BCUT2D eigenvalue weighted by Gasteiger charge is -2.35. The van der Waals surface area contributed by atoms with Crippen molar-refractivity contribution in [2.45, 2.75) is 6.10 Å². The lowest BCUT2D eigenvalue weighted by Crippen LogP contribution is -2.52. The van der Waals surface area contributed by atoms with Crippen LogP contribution < -0.4 is 0 Å². The zero-order chi connectivity index (χ0) is 11.5. The molecule has 1 aliphatic rings. The van der Waals surface area contributed by atoms with Crippen molar-refractivity contribution >= 4 is 5.78 Å². The number of aliphatic hydroxyl groups is 1. The Bertz CT molecular complexity index is 427. The first kappa shape index (κ1) is 10.8. The third-order valence-corrected chi connectivity index (χ3v) is 2.64. The molecule has 16 heavy (non-hydrogen) atoms. The van der Waals surface area contributed by atoms with Crippen LogP contribution in [0.3, 0.4) is 0 Å². The molecule has 4 heteroatoms. The summed E-state index contributed by atoms with van der Waals surface area (Å²) in [6.07, 6.45) is -0.284. The zero-order valence-electron chi connectivity index (χ0n) is 8.76. The van der Waals surface area contributed by atoms with Crippen LogP contribution in [0.25, 0.3) is 0 Å². The average Bonchev–Trinajstić information content (AvgIpc) is 2.27. The highest BCUT2D eigenvalue weighted by Crippen LogP contribution is 2.10. The van der Waals surface area contributed by atoms with Crippen LogP contribution in [0.15, 0.2) is 24.3 Å². The number of ketones is 1. The molecule has 82 valence electrons. The van der Waals surface area contributed by atoms with E-state index in [0.29, 0.717) is 30.8 Å². The van der Waals surface area contributed by atoms with Gasteiger partial charge in [-0.2, -0.15) is 5.26 Å². The van der Waals surface area contributed by atoms with Gasteiger partial charge in [0.15, 0.2) is 5.78 Å². The van der Waals surface area contributed by atoms with Gasteiger partial charge in [-0.1, -0.05) is 12.1 Å². The Morgan fingerprint density at radius 3 is 2.56 bits per heavy atom. The predicted octanol–water partition coefficient (Wildman–Crippen LogP) is 0.417. The van der Waals surface area contributed by atoms with E-state index >= 15 is 0 Å². The molecular weight excluding hydrogens is 204 g/mol. The van der Waals surface area contributed by atoms with Crippen molar-refractivity contribution in [2.75, 3.05) is 19.6 Å². The van der Waals surface area contributed by atoms with Gasteiger partial charge >= 0.3 is 0 Å². The minimum absolute atomic E-state index is 0.0244. The fraction of sp³-hybridized carbons (Fsp3) is 0.333. The van der Waals surface area contributed by atoms with Gasteiger partial charge in [0.05, 0.1) is 24.3 Å². The van der Waals surface area contributed by atoms with Gasteiger partial charge in [-0.05, 0) is 12.1 Å². The Balaban J connectivity index is 1.96. The summed E-state index contributed by atoms with van der Waals surface area (Å²) in [6, 6.07) is 8.61. The highest BCUT2D eigenvalue weighted by atomic mass is 16.3. The summed E-state index contributed by atoms with van der Waals surface area (Å²) < 4.78 is 0. The number of hydrogen-bond donors (Lipinski definition) is 1. The van der Waals surface area contributed by atoms with E-state index in [1.165, 1.54) is 0 Å². The number of benzene rings is 1. The molecule has 1 saturated heterocycles. The summed E-state index contributed by atoms with van der Waals surface area (Å²) in [5.41, 5.74) is 1.16. The zero-order valence-corrected chi connectivity index (χ0v) is 8.76. The van der Waals surface area contributed by atoms with Crippen molar-refractivity contribution < 1.29 is 9.90 Å². The number of aliphatic hydroxyl groups excluding tert-OH is 1. The Morgan fingerprint density at radius 1 is 1.44 bits per heavy atom. The van der Waals surface area contributed by atoms with E-state index in [9.17, 15) is 4.79 Å². The summed E-state index contributed by atoms with van der Waals surface area (Å²) in [5.74, 6) is 0.0244. The first-order chi connectivity index (χ1) is 7.69. The van der Waals surface area contributed by atoms with Gasteiger partial charge in [0, 0.05) is 18.7 Å². The van der Waals surface area contributed by atoms with Crippen LogP contribution in [-0.4, -0.2) is 41.5 Å². The van der Waals surface area contributed by atoms with E-state index in [4.69, 9.17) is 10.4 Å². The second-order valence-corrected chi connectivity index (χ2v) is 3.96. The van der Waals surface area contributed by atoms with E-state index in [1.807, 2.05) is 11.0 Å². The average molecular weight is 216 g/mol. The van der Waals surface area contributed by atoms with Gasteiger partial charge in [-0.25, -0.2) is 0 Å². The molecule has 0 aliphatic carbocycles. The summed E-state index contributed by atoms with van der Waals surface area (Å²) in [5, 5.41) is 17.7. The van der Waals surface area contributed by atoms with Crippen LogP contribution in [-0.2, 0) is 0 Å². The van der Waals surface area contributed by atoms with Crippen LogP contribution in [0.1, 0.15) is 15.9 Å². The Kier molecular flexibility index (Phi) is 3.00. The maximum absolute atomic E-state index is 11.7. The fourth-order valence-corrected chi connectivity index (χ4v) is 1.70. The lowest BCUT2D eigenvalue weighted by atomic mass is 10.1. The van der Waals surface area contributed by atoms with Crippen molar-refractivity contribution in [1.82, 2.24) is 4.90 Å². The molecule has 1 fully saturated rings. The summed E-state index contributed by atoms with van der Waals surface area (Å²) >= 11 is 0. The van der Waals surface area contributed by atoms with Gasteiger partial charge < -0.3 is 5.11 Å². The van der Waals surface area contributed by atoms with Gasteiger partial charge in [0.1, 0.15) is 0 Å². The second-order valence-electron chi connectivity index (χ2n) is 3.96. The molecule has 1 aliphatic heterocycles. The standard InChI is InChI=1S/C12H12N2O2/c13-5-9-1-3-10(4-2-9)12(16)8-14-6-11(15)7-14/h1-4,11,15H,6-8H2. The monoisotopic (exact) mass is 216 g/mol. The minimum atomic E-state index is -0.284. The molecule has 4 nitrogen and oxygen atoms in total. The van der Waals surface area contributed by atoms with E-state index in [1.54, 1.807) is 24.3 Å². The molecule has 0 atom stereocenters. The summed E-state index contributed by atoms with van der Waals surface area (Å²) in [7, 11) is 0. The number of nitriles is 1. The number of carbonyl (C=O) groups excluding carboxylic acids is 1. The molecular formula is C12H12N2O2. The van der Waals surface area contributed by atoms with Gasteiger partial charge in [-0.3, -0.25) is 9.69 Å². The Morgan fingerprint density at radius 2 is 2.06 bits per heavy atom. The topological polar surface area (TPSA) is 64.3 Å². The van der Waals surface area contributed by atoms with Crippen LogP contribution in [0, 0.1) is 11.3 Å². The van der Waals surface area contributed by atoms with Crippen molar-refractivity contribution in [3.8, 4) is 6.07 Å². The summed E-state index contributed by atoms with van der Waals surface area (Å²) in [4.78, 5) is 13.6. The molecule has 1 N–H and O–H groups in total. The molecule has 0 unspecified atom stereocenters. The molecule has 1 aromatic carbocycles. The minimum Gasteiger partial charge on any atom is -0.390 e. The molecule has 1 aromatic rings. The van der Waals surface area contributed by atoms with E-state index in [2.05, 4.69) is 0 Å². The number of carbonyl (C=O) groups is 1. The quantitative estimate of drug-likeness (QED) is 0.743. The molecule has 2 rings (SSSR count). The number of Topliss-reactive ketones (excluding diaryl/α,β-unsaturated/α-hetero) is 1. The summed E-state index contributed by atoms with van der Waals surface area (Å²) in [6.45, 7) is 1.48. The van der Waals surface area contributed by atoms with E-state index < -0.39 is 0 Å². The molecule has 0 amide bonds. The van der Waals surface area contributed by atoms with Crippen molar-refractivity contribution in [3.63, 3.8) is 0 Å². The normalized spacial score (nSPS) is 16.5. The first-order valence-electron chi connectivity index (χ1n) is 5.13. The molecule has 0 radical (unpaired) electrons. The maximum Gasteiger partial charge on any atom is 0.176 e. The number of likely N-dealkylation sites (tertiary alicyclic amines) is 1. The van der Waals surface area contributed by atoms with Crippen LogP contribution >= 0.6 is 0 Å². The highest BCUT2D eigenvalue weighted by Gasteiger charge is 2.26. The molecule has 0 bridgehead atoms. The van der Waals surface area contributed by atoms with Crippen LogP contribution in [0.4, 0.5) is 0 Å². The number of nitrogens with zero attached hydrogens (tertiary/aromatic N) is 2. The van der Waals surface area contributed by atoms with Gasteiger partial charge in [-0.15, -0.1) is 0 Å². The maximum atomic E-state index is 11.7. The third kappa shape index (κ3) is 2.27. The predicted molar refractivity (Wildman–Crippen MR) is 57.9 cm³/mol. The van der Waals surface area contributed by atoms with Gasteiger partial charge in [0.2, 0.25) is 0 Å². The number of β-amino-alcohol motifs (C(OH)–C–C–N with tert-alkyl or cyclic N) is 1. The van der Waals surface area contributed by atoms with Crippen molar-refractivity contribution in [1.29, 1.82) is 5.26 Å². The smallest absolute Gasteiger partial charge is 0.176 e. The SMILES string of the molecule is N#Cc1ccc(C(=O)CN2CC(O)C2)cc1. The fourth-order valence-electron chi connectivity index (χ4n) is 1.70. The van der Waals surface area contributed by atoms with Crippen molar-refractivity contribution in [2.24, 2.45) is 0 Å². The second kappa shape index (κ2) is 4.44. The molecule has 0 aromatic heterocycles. The Labute approximate surface area is 93.7 Å². The lowest BCUT2D eigenvalue weighted by molar-refractivity contribution is 0.00515. The van der Waals surface area contributed by atoms with E-state index in [-0.39, 0.29) is 11.9 Å². The molecule has 0 saturated carbocycles. The number of hydrogen-bond acceptors (Lipinski definition) is 4. The number of rotatable bonds is 3. The molecule has 0 spiro atoms. The first-order valence-corrected chi connectivity index (χ1v) is 5.13. The van der Waals surface area contributed by atoms with Gasteiger partial charge in [0.25, 0.3) is 0 Å². The third-order valence-electron chi connectivity index (χ3n) is 2.64.